The van der Waals surface area contributed by atoms with Crippen LogP contribution in [0.2, 0.25) is 0 Å². The van der Waals surface area contributed by atoms with Crippen LogP contribution in [0.5, 0.6) is 5.75 Å². The minimum absolute atomic E-state index is 0.142. The van der Waals surface area contributed by atoms with Crippen LogP contribution in [0.1, 0.15) is 43.9 Å². The summed E-state index contributed by atoms with van der Waals surface area (Å²) >= 11 is 0. The maximum atomic E-state index is 13.6. The minimum Gasteiger partial charge on any atom is -0.497 e. The SMILES string of the molecule is COc1ccc([C@@H]2Nc3ccc4ccccc4c3C3=C2C(=O)C(C)(C)CC3)cc1. The lowest BCUT2D eigenvalue weighted by atomic mass is 9.67. The molecule has 0 bridgehead atoms. The highest BCUT2D eigenvalue weighted by Crippen LogP contribution is 2.51. The molecule has 0 saturated heterocycles. The Hall–Kier alpha value is -3.07. The average Bonchev–Trinajstić information content (AvgIpc) is 2.75. The van der Waals surface area contributed by atoms with Gasteiger partial charge < -0.3 is 10.1 Å². The molecule has 3 heteroatoms. The highest BCUT2D eigenvalue weighted by atomic mass is 16.5. The summed E-state index contributed by atoms with van der Waals surface area (Å²) in [4.78, 5) is 13.6. The average molecular weight is 383 g/mol. The molecule has 146 valence electrons. The molecule has 3 aromatic carbocycles. The second-order valence-electron chi connectivity index (χ2n) is 8.67. The van der Waals surface area contributed by atoms with Gasteiger partial charge in [-0.15, -0.1) is 0 Å². The molecule has 5 rings (SSSR count). The second kappa shape index (κ2) is 6.48. The van der Waals surface area contributed by atoms with Crippen molar-refractivity contribution in [3.05, 3.63) is 77.4 Å². The Balaban J connectivity index is 1.76. The van der Waals surface area contributed by atoms with Gasteiger partial charge in [0.15, 0.2) is 5.78 Å². The fraction of sp³-hybridized carbons (Fsp3) is 0.269. The molecule has 0 radical (unpaired) electrons. The maximum absolute atomic E-state index is 13.6. The number of methoxy groups -OCH3 is 1. The molecule has 0 unspecified atom stereocenters. The number of anilines is 1. The van der Waals surface area contributed by atoms with E-state index in [2.05, 4.69) is 67.7 Å². The lowest BCUT2D eigenvalue weighted by molar-refractivity contribution is -0.124. The topological polar surface area (TPSA) is 38.3 Å². The van der Waals surface area contributed by atoms with Crippen LogP contribution in [0, 0.1) is 5.41 Å². The molecule has 2 aliphatic rings. The largest absolute Gasteiger partial charge is 0.497 e. The summed E-state index contributed by atoms with van der Waals surface area (Å²) in [5.74, 6) is 1.08. The zero-order valence-electron chi connectivity index (χ0n) is 17.1. The highest BCUT2D eigenvalue weighted by molar-refractivity contribution is 6.14. The van der Waals surface area contributed by atoms with Gasteiger partial charge in [-0.25, -0.2) is 0 Å². The molecule has 0 fully saturated rings. The van der Waals surface area contributed by atoms with E-state index in [1.54, 1.807) is 7.11 Å². The van der Waals surface area contributed by atoms with Crippen molar-refractivity contribution in [2.24, 2.45) is 5.41 Å². The normalized spacial score (nSPS) is 20.1. The summed E-state index contributed by atoms with van der Waals surface area (Å²) in [5.41, 5.74) is 5.19. The van der Waals surface area contributed by atoms with Gasteiger partial charge in [-0.2, -0.15) is 0 Å². The van der Waals surface area contributed by atoms with Crippen LogP contribution in [-0.4, -0.2) is 12.9 Å². The van der Waals surface area contributed by atoms with Crippen LogP contribution in [0.25, 0.3) is 16.3 Å². The molecule has 1 aliphatic carbocycles. The molecular weight excluding hydrogens is 358 g/mol. The van der Waals surface area contributed by atoms with Crippen LogP contribution in [0.15, 0.2) is 66.2 Å². The van der Waals surface area contributed by atoms with Gasteiger partial charge in [0.2, 0.25) is 0 Å². The number of nitrogens with one attached hydrogen (secondary N) is 1. The first-order valence-corrected chi connectivity index (χ1v) is 10.2. The zero-order chi connectivity index (χ0) is 20.2. The van der Waals surface area contributed by atoms with E-state index in [1.165, 1.54) is 21.9 Å². The zero-order valence-corrected chi connectivity index (χ0v) is 17.1. The van der Waals surface area contributed by atoms with Gasteiger partial charge in [0.25, 0.3) is 0 Å². The molecule has 0 amide bonds. The van der Waals surface area contributed by atoms with Crippen LogP contribution >= 0.6 is 0 Å². The van der Waals surface area contributed by atoms with E-state index in [-0.39, 0.29) is 17.2 Å². The van der Waals surface area contributed by atoms with Crippen molar-refractivity contribution in [2.45, 2.75) is 32.7 Å². The molecular formula is C26H25NO2. The Bertz CT molecular complexity index is 1160. The van der Waals surface area contributed by atoms with Crippen LogP contribution in [-0.2, 0) is 4.79 Å². The van der Waals surface area contributed by atoms with Crippen molar-refractivity contribution in [1.82, 2.24) is 0 Å². The van der Waals surface area contributed by atoms with Gasteiger partial charge in [-0.1, -0.05) is 56.3 Å². The number of rotatable bonds is 2. The molecule has 29 heavy (non-hydrogen) atoms. The summed E-state index contributed by atoms with van der Waals surface area (Å²) < 4.78 is 5.32. The van der Waals surface area contributed by atoms with E-state index < -0.39 is 0 Å². The van der Waals surface area contributed by atoms with Gasteiger partial charge in [-0.3, -0.25) is 4.79 Å². The van der Waals surface area contributed by atoms with E-state index in [0.717, 1.165) is 35.4 Å². The number of carbonyl (C=O) groups excluding carboxylic acids is 1. The van der Waals surface area contributed by atoms with Gasteiger partial charge in [0, 0.05) is 22.2 Å². The number of hydrogen-bond acceptors (Lipinski definition) is 3. The third-order valence-electron chi connectivity index (χ3n) is 6.45. The van der Waals surface area contributed by atoms with E-state index in [4.69, 9.17) is 4.74 Å². The smallest absolute Gasteiger partial charge is 0.167 e. The van der Waals surface area contributed by atoms with E-state index >= 15 is 0 Å². The monoisotopic (exact) mass is 383 g/mol. The summed E-state index contributed by atoms with van der Waals surface area (Å²) in [5, 5.41) is 6.11. The lowest BCUT2D eigenvalue weighted by Crippen LogP contribution is -2.36. The Kier molecular flexibility index (Phi) is 4.02. The van der Waals surface area contributed by atoms with Gasteiger partial charge in [-0.05, 0) is 52.9 Å². The lowest BCUT2D eigenvalue weighted by Gasteiger charge is -2.40. The van der Waals surface area contributed by atoms with Crippen molar-refractivity contribution in [3.8, 4) is 5.75 Å². The molecule has 0 aromatic heterocycles. The molecule has 1 aliphatic heterocycles. The quantitative estimate of drug-likeness (QED) is 0.576. The Morgan fingerprint density at radius 3 is 2.52 bits per heavy atom. The molecule has 3 nitrogen and oxygen atoms in total. The first kappa shape index (κ1) is 18.0. The molecule has 1 heterocycles. The fourth-order valence-corrected chi connectivity index (χ4v) is 4.74. The second-order valence-corrected chi connectivity index (χ2v) is 8.67. The van der Waals surface area contributed by atoms with Crippen molar-refractivity contribution in [2.75, 3.05) is 12.4 Å². The summed E-state index contributed by atoms with van der Waals surface area (Å²) in [6.45, 7) is 4.14. The predicted octanol–water partition coefficient (Wildman–Crippen LogP) is 6.16. The number of benzene rings is 3. The van der Waals surface area contributed by atoms with Crippen LogP contribution in [0.3, 0.4) is 0 Å². The Labute approximate surface area is 171 Å². The minimum atomic E-state index is -0.340. The maximum Gasteiger partial charge on any atom is 0.167 e. The first-order chi connectivity index (χ1) is 14.0. The summed E-state index contributed by atoms with van der Waals surface area (Å²) in [6, 6.07) is 20.7. The predicted molar refractivity (Wildman–Crippen MR) is 118 cm³/mol. The molecule has 0 spiro atoms. The number of hydrogen-bond donors (Lipinski definition) is 1. The number of Topliss-reactive ketones (excluding diaryl/α,β-unsaturated/α-hetero) is 1. The summed E-state index contributed by atoms with van der Waals surface area (Å²) in [6.07, 6.45) is 1.80. The van der Waals surface area contributed by atoms with E-state index in [1.807, 2.05) is 12.1 Å². The van der Waals surface area contributed by atoms with Gasteiger partial charge in [0.1, 0.15) is 5.75 Å². The number of fused-ring (bicyclic) bond motifs is 4. The van der Waals surface area contributed by atoms with Gasteiger partial charge in [0.05, 0.1) is 13.2 Å². The Morgan fingerprint density at radius 1 is 1.00 bits per heavy atom. The van der Waals surface area contributed by atoms with Crippen molar-refractivity contribution in [3.63, 3.8) is 0 Å². The third kappa shape index (κ3) is 2.76. The van der Waals surface area contributed by atoms with Crippen molar-refractivity contribution < 1.29 is 9.53 Å². The number of ketones is 1. The number of ether oxygens (including phenoxy) is 1. The molecule has 1 atom stereocenters. The van der Waals surface area contributed by atoms with Crippen LogP contribution < -0.4 is 10.1 Å². The van der Waals surface area contributed by atoms with E-state index in [9.17, 15) is 4.79 Å². The van der Waals surface area contributed by atoms with Crippen molar-refractivity contribution in [1.29, 1.82) is 0 Å². The highest BCUT2D eigenvalue weighted by Gasteiger charge is 2.42. The fourth-order valence-electron chi connectivity index (χ4n) is 4.74. The number of carbonyl (C=O) groups is 1. The molecule has 3 aromatic rings. The standard InChI is InChI=1S/C26H25NO2/c1-26(2)15-14-20-22-19-7-5-4-6-16(19)10-13-21(22)27-24(23(20)25(26)28)17-8-11-18(29-3)12-9-17/h4-13,24,27H,14-15H2,1-3H3/t24-/m0/s1. The van der Waals surface area contributed by atoms with Crippen LogP contribution in [0.4, 0.5) is 5.69 Å². The third-order valence-corrected chi connectivity index (χ3v) is 6.45. The molecule has 1 N–H and O–H groups in total. The van der Waals surface area contributed by atoms with Crippen molar-refractivity contribution >= 4 is 27.8 Å². The van der Waals surface area contributed by atoms with Gasteiger partial charge >= 0.3 is 0 Å². The first-order valence-electron chi connectivity index (χ1n) is 10.2. The summed E-state index contributed by atoms with van der Waals surface area (Å²) in [7, 11) is 1.67. The van der Waals surface area contributed by atoms with E-state index in [0.29, 0.717) is 0 Å². The Morgan fingerprint density at radius 2 is 1.76 bits per heavy atom. The number of allylic oxidation sites excluding steroid dienone is 1. The molecule has 0 saturated carbocycles.